The number of anilines is 1. The molecule has 3 aromatic carbocycles. The van der Waals surface area contributed by atoms with Crippen molar-refractivity contribution in [2.75, 3.05) is 5.32 Å². The number of nitrogens with zero attached hydrogens (tertiary/aromatic N) is 2. The number of hydrogen-bond acceptors (Lipinski definition) is 3. The number of hydrogen-bond donors (Lipinski definition) is 3. The first-order valence-corrected chi connectivity index (χ1v) is 8.57. The summed E-state index contributed by atoms with van der Waals surface area (Å²) >= 11 is 0. The summed E-state index contributed by atoms with van der Waals surface area (Å²) in [6.45, 7) is 0. The Morgan fingerprint density at radius 3 is 2.31 bits per heavy atom. The lowest BCUT2D eigenvalue weighted by Crippen LogP contribution is -2.48. The lowest BCUT2D eigenvalue weighted by molar-refractivity contribution is -0.674. The van der Waals surface area contributed by atoms with E-state index in [1.165, 1.54) is 11.1 Å². The van der Waals surface area contributed by atoms with Crippen molar-refractivity contribution in [1.29, 1.82) is 0 Å². The number of H-pyrrole nitrogens is 1. The minimum atomic E-state index is -0.202. The zero-order valence-electron chi connectivity index (χ0n) is 14.1. The average Bonchev–Trinajstić information content (AvgIpc) is 3.06. The van der Waals surface area contributed by atoms with Gasteiger partial charge in [-0.05, 0) is 23.3 Å². The minimum Gasteiger partial charge on any atom is -0.357 e. The van der Waals surface area contributed by atoms with Crippen molar-refractivity contribution < 1.29 is 4.57 Å². The molecule has 0 fully saturated rings. The molecule has 4 aromatic rings. The quantitative estimate of drug-likeness (QED) is 0.489. The molecule has 0 spiro atoms. The molecule has 5 heteroatoms. The third-order valence-corrected chi connectivity index (χ3v) is 4.73. The topological polar surface area (TPSA) is 70.1 Å². The van der Waals surface area contributed by atoms with Crippen LogP contribution in [0.3, 0.4) is 0 Å². The third kappa shape index (κ3) is 2.33. The minimum absolute atomic E-state index is 0.202. The van der Waals surface area contributed by atoms with Gasteiger partial charge in [0.15, 0.2) is 0 Å². The fourth-order valence-electron chi connectivity index (χ4n) is 3.49. The summed E-state index contributed by atoms with van der Waals surface area (Å²) in [4.78, 5) is 8.02. The van der Waals surface area contributed by atoms with Gasteiger partial charge in [-0.3, -0.25) is 0 Å². The van der Waals surface area contributed by atoms with Crippen LogP contribution in [0.15, 0.2) is 83.9 Å². The second kappa shape index (κ2) is 5.74. The highest BCUT2D eigenvalue weighted by Crippen LogP contribution is 2.26. The van der Waals surface area contributed by atoms with Gasteiger partial charge in [0.25, 0.3) is 5.96 Å². The van der Waals surface area contributed by atoms with Crippen molar-refractivity contribution >= 4 is 22.9 Å². The van der Waals surface area contributed by atoms with E-state index in [1.54, 1.807) is 0 Å². The Bertz CT molecular complexity index is 1110. The molecule has 0 radical (unpaired) electrons. The Hall–Kier alpha value is -3.60. The normalized spacial score (nSPS) is 16.0. The molecule has 1 aromatic heterocycles. The number of para-hydroxylation sites is 2. The van der Waals surface area contributed by atoms with Crippen LogP contribution in [0.1, 0.15) is 11.7 Å². The highest BCUT2D eigenvalue weighted by Gasteiger charge is 2.30. The molecule has 0 aliphatic carbocycles. The smallest absolute Gasteiger partial charge is 0.357 e. The summed E-state index contributed by atoms with van der Waals surface area (Å²) in [6.07, 6.45) is -0.202. The first-order valence-electron chi connectivity index (χ1n) is 8.57. The molecule has 5 rings (SSSR count). The molecule has 0 amide bonds. The average molecular weight is 340 g/mol. The van der Waals surface area contributed by atoms with Crippen LogP contribution >= 0.6 is 0 Å². The number of nitrogens with two attached hydrogens (primary N) is 1. The van der Waals surface area contributed by atoms with Crippen molar-refractivity contribution in [3.8, 4) is 11.1 Å². The van der Waals surface area contributed by atoms with Gasteiger partial charge in [-0.1, -0.05) is 66.7 Å². The van der Waals surface area contributed by atoms with Crippen LogP contribution in [0.25, 0.3) is 22.2 Å². The largest absolute Gasteiger partial charge is 0.365 e. The highest BCUT2D eigenvalue weighted by atomic mass is 15.4. The van der Waals surface area contributed by atoms with E-state index in [4.69, 9.17) is 5.73 Å². The van der Waals surface area contributed by atoms with Crippen LogP contribution in [0.2, 0.25) is 0 Å². The van der Waals surface area contributed by atoms with Gasteiger partial charge in [-0.2, -0.15) is 4.99 Å². The zero-order chi connectivity index (χ0) is 17.5. The molecule has 126 valence electrons. The van der Waals surface area contributed by atoms with E-state index in [-0.39, 0.29) is 6.17 Å². The molecule has 1 aliphatic heterocycles. The predicted octanol–water partition coefficient (Wildman–Crippen LogP) is 3.41. The van der Waals surface area contributed by atoms with Crippen molar-refractivity contribution in [2.24, 2.45) is 10.7 Å². The maximum atomic E-state index is 6.03. The lowest BCUT2D eigenvalue weighted by Gasteiger charge is -2.18. The fourth-order valence-corrected chi connectivity index (χ4v) is 3.49. The molecule has 26 heavy (non-hydrogen) atoms. The van der Waals surface area contributed by atoms with Gasteiger partial charge in [-0.15, -0.1) is 0 Å². The summed E-state index contributed by atoms with van der Waals surface area (Å²) in [6, 6.07) is 27.0. The molecule has 0 saturated carbocycles. The van der Waals surface area contributed by atoms with E-state index < -0.39 is 0 Å². The summed E-state index contributed by atoms with van der Waals surface area (Å²) in [5.74, 6) is 1.25. The first-order chi connectivity index (χ1) is 12.8. The van der Waals surface area contributed by atoms with Crippen LogP contribution in [-0.4, -0.2) is 10.9 Å². The number of benzene rings is 3. The van der Waals surface area contributed by atoms with E-state index in [2.05, 4.69) is 74.5 Å². The molecule has 0 unspecified atom stereocenters. The number of aromatic amines is 1. The Morgan fingerprint density at radius 2 is 1.50 bits per heavy atom. The summed E-state index contributed by atoms with van der Waals surface area (Å²) < 4.78 is 2.14. The maximum Gasteiger partial charge on any atom is 0.365 e. The van der Waals surface area contributed by atoms with Gasteiger partial charge in [0.05, 0.1) is 0 Å². The number of rotatable bonds is 2. The number of guanidine groups is 1. The van der Waals surface area contributed by atoms with Crippen LogP contribution in [-0.2, 0) is 0 Å². The number of nitrogens with one attached hydrogen (secondary N) is 2. The predicted molar refractivity (Wildman–Crippen MR) is 104 cm³/mol. The summed E-state index contributed by atoms with van der Waals surface area (Å²) in [5.41, 5.74) is 11.6. The molecule has 0 saturated heterocycles. The maximum absolute atomic E-state index is 6.03. The SMILES string of the molecule is NC1=N[C@H](c2ccc(-c3ccccc3)cc2)[n+]2c([nH]c3ccccc32)N1. The van der Waals surface area contributed by atoms with Crippen molar-refractivity contribution in [1.82, 2.24) is 4.98 Å². The second-order valence-electron chi connectivity index (χ2n) is 6.36. The Morgan fingerprint density at radius 1 is 0.808 bits per heavy atom. The number of imidazole rings is 1. The molecule has 5 nitrogen and oxygen atoms in total. The Balaban J connectivity index is 1.61. The van der Waals surface area contributed by atoms with Crippen LogP contribution in [0.5, 0.6) is 0 Å². The van der Waals surface area contributed by atoms with Crippen LogP contribution in [0.4, 0.5) is 5.95 Å². The van der Waals surface area contributed by atoms with Gasteiger partial charge in [-0.25, -0.2) is 14.9 Å². The number of aromatic nitrogens is 2. The molecule has 0 bridgehead atoms. The fraction of sp³-hybridized carbons (Fsp3) is 0.0476. The van der Waals surface area contributed by atoms with E-state index in [1.807, 2.05) is 24.3 Å². The number of fused-ring (bicyclic) bond motifs is 3. The first kappa shape index (κ1) is 14.7. The Kier molecular flexibility index (Phi) is 3.25. The summed E-state index contributed by atoms with van der Waals surface area (Å²) in [5, 5.41) is 3.12. The van der Waals surface area contributed by atoms with Crippen molar-refractivity contribution in [3.05, 3.63) is 84.4 Å². The molecule has 2 heterocycles. The van der Waals surface area contributed by atoms with E-state index >= 15 is 0 Å². The van der Waals surface area contributed by atoms with Gasteiger partial charge in [0.2, 0.25) is 6.17 Å². The standard InChI is InChI=1S/C21H17N5/c22-20-24-19(26-18-9-5-4-8-17(18)23-21(26)25-20)16-12-10-15(11-13-16)14-6-2-1-3-7-14/h1-13,19H,(H3,22,23,24,25)/p+1/t19-/m0/s1. The van der Waals surface area contributed by atoms with Crippen molar-refractivity contribution in [2.45, 2.75) is 6.17 Å². The Labute approximate surface area is 150 Å². The lowest BCUT2D eigenvalue weighted by atomic mass is 10.0. The zero-order valence-corrected chi connectivity index (χ0v) is 14.1. The van der Waals surface area contributed by atoms with Gasteiger partial charge in [0.1, 0.15) is 11.0 Å². The van der Waals surface area contributed by atoms with E-state index in [9.17, 15) is 0 Å². The molecule has 1 atom stereocenters. The highest BCUT2D eigenvalue weighted by molar-refractivity contribution is 5.92. The molecular weight excluding hydrogens is 322 g/mol. The molecule has 4 N–H and O–H groups in total. The second-order valence-corrected chi connectivity index (χ2v) is 6.36. The van der Waals surface area contributed by atoms with Crippen LogP contribution in [0, 0.1) is 0 Å². The third-order valence-electron chi connectivity index (χ3n) is 4.73. The molecular formula is C21H18N5+. The number of aliphatic imine (C=N–C) groups is 1. The van der Waals surface area contributed by atoms with Gasteiger partial charge >= 0.3 is 5.95 Å². The summed E-state index contributed by atoms with van der Waals surface area (Å²) in [7, 11) is 0. The monoisotopic (exact) mass is 340 g/mol. The van der Waals surface area contributed by atoms with Gasteiger partial charge < -0.3 is 5.73 Å². The molecule has 1 aliphatic rings. The van der Waals surface area contributed by atoms with Gasteiger partial charge in [0, 0.05) is 5.56 Å². The van der Waals surface area contributed by atoms with E-state index in [0.717, 1.165) is 22.5 Å². The van der Waals surface area contributed by atoms with Crippen LogP contribution < -0.4 is 15.6 Å². The van der Waals surface area contributed by atoms with E-state index in [0.29, 0.717) is 5.96 Å². The van der Waals surface area contributed by atoms with Crippen molar-refractivity contribution in [3.63, 3.8) is 0 Å².